The van der Waals surface area contributed by atoms with Gasteiger partial charge >= 0.3 is 6.09 Å². The molecule has 5 heteroatoms. The highest BCUT2D eigenvalue weighted by Gasteiger charge is 2.45. The van der Waals surface area contributed by atoms with Crippen LogP contribution in [0.15, 0.2) is 0 Å². The number of hydrogen-bond donors (Lipinski definition) is 1. The van der Waals surface area contributed by atoms with Crippen LogP contribution in [0, 0.1) is 0 Å². The van der Waals surface area contributed by atoms with Crippen LogP contribution in [0.3, 0.4) is 0 Å². The van der Waals surface area contributed by atoms with Crippen molar-refractivity contribution in [3.8, 4) is 0 Å². The minimum Gasteiger partial charge on any atom is -0.450 e. The molecule has 0 aromatic heterocycles. The SMILES string of the molecule is CCOC(=O)N1C2CCC1CC(N1CCC[C@@H](N)C1)C2. The summed E-state index contributed by atoms with van der Waals surface area (Å²) in [4.78, 5) is 16.7. The Kier molecular flexibility index (Phi) is 4.17. The Balaban J connectivity index is 1.63. The van der Waals surface area contributed by atoms with Gasteiger partial charge in [-0.05, 0) is 52.0 Å². The maximum Gasteiger partial charge on any atom is 0.410 e. The molecule has 20 heavy (non-hydrogen) atoms. The predicted octanol–water partition coefficient (Wildman–Crippen LogP) is 1.56. The third-order valence-corrected chi connectivity index (χ3v) is 5.19. The van der Waals surface area contributed by atoms with Crippen LogP contribution >= 0.6 is 0 Å². The second-order valence-corrected chi connectivity index (χ2v) is 6.51. The average Bonchev–Trinajstić information content (AvgIpc) is 2.70. The van der Waals surface area contributed by atoms with E-state index in [4.69, 9.17) is 10.5 Å². The van der Waals surface area contributed by atoms with Crippen molar-refractivity contribution < 1.29 is 9.53 Å². The maximum atomic E-state index is 12.1. The first-order chi connectivity index (χ1) is 9.69. The van der Waals surface area contributed by atoms with E-state index < -0.39 is 0 Å². The smallest absolute Gasteiger partial charge is 0.410 e. The van der Waals surface area contributed by atoms with Gasteiger partial charge in [-0.15, -0.1) is 0 Å². The van der Waals surface area contributed by atoms with Crippen LogP contribution < -0.4 is 5.73 Å². The minimum absolute atomic E-state index is 0.103. The molecule has 2 N–H and O–H groups in total. The number of piperidine rings is 2. The number of amides is 1. The number of carbonyl (C=O) groups is 1. The third kappa shape index (κ3) is 2.66. The Morgan fingerprint density at radius 1 is 1.20 bits per heavy atom. The molecular weight excluding hydrogens is 254 g/mol. The fourth-order valence-electron chi connectivity index (χ4n) is 4.31. The molecular formula is C15H27N3O2. The van der Waals surface area contributed by atoms with Crippen LogP contribution in [-0.2, 0) is 4.74 Å². The molecule has 0 radical (unpaired) electrons. The molecule has 0 aliphatic carbocycles. The Hall–Kier alpha value is -0.810. The molecule has 5 nitrogen and oxygen atoms in total. The first kappa shape index (κ1) is 14.1. The molecule has 2 bridgehead atoms. The van der Waals surface area contributed by atoms with Crippen LogP contribution in [0.4, 0.5) is 4.79 Å². The Morgan fingerprint density at radius 3 is 2.50 bits per heavy atom. The van der Waals surface area contributed by atoms with Gasteiger partial charge in [0.05, 0.1) is 6.61 Å². The number of likely N-dealkylation sites (tertiary alicyclic amines) is 1. The zero-order valence-corrected chi connectivity index (χ0v) is 12.5. The van der Waals surface area contributed by atoms with Gasteiger partial charge in [0.15, 0.2) is 0 Å². The van der Waals surface area contributed by atoms with E-state index in [0.29, 0.717) is 30.8 Å². The molecule has 1 amide bonds. The number of nitrogens with zero attached hydrogens (tertiary/aromatic N) is 2. The van der Waals surface area contributed by atoms with Crippen molar-refractivity contribution in [3.63, 3.8) is 0 Å². The number of hydrogen-bond acceptors (Lipinski definition) is 4. The first-order valence-electron chi connectivity index (χ1n) is 8.13. The zero-order valence-electron chi connectivity index (χ0n) is 12.5. The maximum absolute atomic E-state index is 12.1. The van der Waals surface area contributed by atoms with Gasteiger partial charge in [0.2, 0.25) is 0 Å². The van der Waals surface area contributed by atoms with Crippen LogP contribution in [0.1, 0.15) is 45.4 Å². The minimum atomic E-state index is -0.103. The van der Waals surface area contributed by atoms with Crippen molar-refractivity contribution in [3.05, 3.63) is 0 Å². The van der Waals surface area contributed by atoms with Gasteiger partial charge < -0.3 is 15.4 Å². The highest BCUT2D eigenvalue weighted by atomic mass is 16.6. The Bertz CT molecular complexity index is 349. The molecule has 3 saturated heterocycles. The van der Waals surface area contributed by atoms with E-state index in [1.165, 1.54) is 13.0 Å². The van der Waals surface area contributed by atoms with Gasteiger partial charge in [0.25, 0.3) is 0 Å². The standard InChI is InChI=1S/C15H27N3O2/c1-2-20-15(19)18-12-5-6-13(18)9-14(8-12)17-7-3-4-11(16)10-17/h11-14H,2-10,16H2,1H3/t11-,12?,13?,14?/m1/s1. The summed E-state index contributed by atoms with van der Waals surface area (Å²) in [7, 11) is 0. The van der Waals surface area contributed by atoms with Gasteiger partial charge in [-0.25, -0.2) is 4.79 Å². The Morgan fingerprint density at radius 2 is 1.90 bits per heavy atom. The van der Waals surface area contributed by atoms with Gasteiger partial charge in [-0.3, -0.25) is 4.90 Å². The predicted molar refractivity (Wildman–Crippen MR) is 77.5 cm³/mol. The monoisotopic (exact) mass is 281 g/mol. The van der Waals surface area contributed by atoms with E-state index in [-0.39, 0.29) is 6.09 Å². The molecule has 0 saturated carbocycles. The average molecular weight is 281 g/mol. The number of fused-ring (bicyclic) bond motifs is 2. The summed E-state index contributed by atoms with van der Waals surface area (Å²) in [5.74, 6) is 0. The zero-order chi connectivity index (χ0) is 14.1. The third-order valence-electron chi connectivity index (χ3n) is 5.19. The molecule has 3 aliphatic rings. The molecule has 3 rings (SSSR count). The highest BCUT2D eigenvalue weighted by Crippen LogP contribution is 2.38. The van der Waals surface area contributed by atoms with Crippen molar-refractivity contribution in [2.45, 2.75) is 69.6 Å². The van der Waals surface area contributed by atoms with E-state index in [0.717, 1.165) is 38.6 Å². The number of carbonyl (C=O) groups excluding carboxylic acids is 1. The number of rotatable bonds is 2. The second-order valence-electron chi connectivity index (χ2n) is 6.51. The van der Waals surface area contributed by atoms with E-state index in [1.54, 1.807) is 0 Å². The van der Waals surface area contributed by atoms with Crippen molar-refractivity contribution in [1.29, 1.82) is 0 Å². The molecule has 3 fully saturated rings. The quantitative estimate of drug-likeness (QED) is 0.834. The lowest BCUT2D eigenvalue weighted by molar-refractivity contribution is 0.0334. The topological polar surface area (TPSA) is 58.8 Å². The summed E-state index contributed by atoms with van der Waals surface area (Å²) in [5, 5.41) is 0. The molecule has 3 heterocycles. The van der Waals surface area contributed by atoms with E-state index >= 15 is 0 Å². The van der Waals surface area contributed by atoms with Crippen molar-refractivity contribution >= 4 is 6.09 Å². The van der Waals surface area contributed by atoms with Crippen LogP contribution in [0.5, 0.6) is 0 Å². The summed E-state index contributed by atoms with van der Waals surface area (Å²) < 4.78 is 5.21. The molecule has 114 valence electrons. The van der Waals surface area contributed by atoms with Gasteiger partial charge in [-0.1, -0.05) is 0 Å². The van der Waals surface area contributed by atoms with Gasteiger partial charge in [-0.2, -0.15) is 0 Å². The summed E-state index contributed by atoms with van der Waals surface area (Å²) in [6.07, 6.45) is 6.75. The van der Waals surface area contributed by atoms with Gasteiger partial charge in [0, 0.05) is 30.7 Å². The van der Waals surface area contributed by atoms with Crippen LogP contribution in [-0.4, -0.2) is 59.8 Å². The molecule has 0 aromatic rings. The fourth-order valence-corrected chi connectivity index (χ4v) is 4.31. The largest absolute Gasteiger partial charge is 0.450 e. The molecule has 3 atom stereocenters. The Labute approximate surface area is 121 Å². The normalized spacial score (nSPS) is 38.0. The van der Waals surface area contributed by atoms with E-state index in [9.17, 15) is 4.79 Å². The summed E-state index contributed by atoms with van der Waals surface area (Å²) in [6, 6.07) is 1.72. The van der Waals surface area contributed by atoms with Crippen molar-refractivity contribution in [1.82, 2.24) is 9.80 Å². The lowest BCUT2D eigenvalue weighted by atomic mass is 9.93. The van der Waals surface area contributed by atoms with E-state index in [1.807, 2.05) is 11.8 Å². The molecule has 2 unspecified atom stereocenters. The molecule has 0 aromatic carbocycles. The molecule has 0 spiro atoms. The number of ether oxygens (including phenoxy) is 1. The first-order valence-corrected chi connectivity index (χ1v) is 8.13. The fraction of sp³-hybridized carbons (Fsp3) is 0.933. The van der Waals surface area contributed by atoms with Crippen LogP contribution in [0.25, 0.3) is 0 Å². The second kappa shape index (κ2) is 5.90. The van der Waals surface area contributed by atoms with Gasteiger partial charge in [0.1, 0.15) is 0 Å². The molecule has 3 aliphatic heterocycles. The lowest BCUT2D eigenvalue weighted by Crippen LogP contribution is -2.55. The highest BCUT2D eigenvalue weighted by molar-refractivity contribution is 5.69. The summed E-state index contributed by atoms with van der Waals surface area (Å²) >= 11 is 0. The van der Waals surface area contributed by atoms with E-state index in [2.05, 4.69) is 4.90 Å². The van der Waals surface area contributed by atoms with Crippen molar-refractivity contribution in [2.24, 2.45) is 5.73 Å². The number of nitrogens with two attached hydrogens (primary N) is 1. The summed E-state index contributed by atoms with van der Waals surface area (Å²) in [6.45, 7) is 4.56. The lowest BCUT2D eigenvalue weighted by Gasteiger charge is -2.44. The van der Waals surface area contributed by atoms with Crippen LogP contribution in [0.2, 0.25) is 0 Å². The van der Waals surface area contributed by atoms with Crippen molar-refractivity contribution in [2.75, 3.05) is 19.7 Å². The summed E-state index contributed by atoms with van der Waals surface area (Å²) in [5.41, 5.74) is 6.11.